The zero-order valence-electron chi connectivity index (χ0n) is 15.8. The number of piperazine rings is 1. The van der Waals surface area contributed by atoms with Gasteiger partial charge in [-0.3, -0.25) is 4.98 Å². The molecule has 148 valence electrons. The highest BCUT2D eigenvalue weighted by atomic mass is 19.1. The number of pyridine rings is 1. The fourth-order valence-corrected chi connectivity index (χ4v) is 3.65. The first-order valence-electron chi connectivity index (χ1n) is 9.28. The molecule has 1 fully saturated rings. The van der Waals surface area contributed by atoms with Gasteiger partial charge in [0, 0.05) is 31.9 Å². The number of anilines is 1. The summed E-state index contributed by atoms with van der Waals surface area (Å²) < 4.78 is 15.9. The van der Waals surface area contributed by atoms with Crippen LogP contribution in [0.5, 0.6) is 0 Å². The third-order valence-electron chi connectivity index (χ3n) is 5.03. The number of aromatic nitrogens is 3. The molecule has 5 nitrogen and oxygen atoms in total. The molecule has 1 saturated heterocycles. The molecule has 4 rings (SSSR count). The summed E-state index contributed by atoms with van der Waals surface area (Å²) in [6.07, 6.45) is 1.76. The zero-order chi connectivity index (χ0) is 19.0. The van der Waals surface area contributed by atoms with E-state index in [1.807, 2.05) is 19.1 Å². The van der Waals surface area contributed by atoms with Crippen LogP contribution in [0.2, 0.25) is 0 Å². The monoisotopic (exact) mass is 381 g/mol. The molecule has 3 heterocycles. The lowest BCUT2D eigenvalue weighted by Gasteiger charge is -2.29. The topological polar surface area (TPSA) is 46.0 Å². The van der Waals surface area contributed by atoms with Crippen molar-refractivity contribution in [1.29, 1.82) is 0 Å². The van der Waals surface area contributed by atoms with Crippen LogP contribution in [0.25, 0.3) is 17.1 Å². The molecular weight excluding hydrogens is 353 g/mol. The average molecular weight is 381 g/mol. The molecule has 1 aliphatic rings. The highest BCUT2D eigenvalue weighted by molar-refractivity contribution is 5.86. The smallest absolute Gasteiger partial charge is 0.207 e. The molecule has 0 saturated carbocycles. The molecule has 6 heteroatoms. The van der Waals surface area contributed by atoms with Crippen molar-refractivity contribution in [2.24, 2.45) is 0 Å². The third kappa shape index (κ3) is 3.64. The molecule has 1 aliphatic heterocycles. The van der Waals surface area contributed by atoms with Crippen LogP contribution < -0.4 is 10.2 Å². The van der Waals surface area contributed by atoms with E-state index in [4.69, 9.17) is 4.98 Å². The Hall–Kier alpha value is -2.73. The molecule has 0 amide bonds. The number of benzene rings is 1. The van der Waals surface area contributed by atoms with Crippen molar-refractivity contribution in [2.45, 2.75) is 27.8 Å². The molecular formula is C22H28FN5. The number of nitrogens with one attached hydrogen (secondary N) is 1. The van der Waals surface area contributed by atoms with E-state index >= 15 is 0 Å². The van der Waals surface area contributed by atoms with Gasteiger partial charge in [-0.25, -0.2) is 9.37 Å². The SMILES string of the molecule is C.C=Cc1nc(C)cc2c1nc(N1CCNCC1)n2Cc1ccc(F)c(C)c1. The Morgan fingerprint density at radius 3 is 2.61 bits per heavy atom. The first-order valence-corrected chi connectivity index (χ1v) is 9.28. The van der Waals surface area contributed by atoms with Crippen LogP contribution in [-0.2, 0) is 6.54 Å². The van der Waals surface area contributed by atoms with Crippen LogP contribution in [-0.4, -0.2) is 40.7 Å². The summed E-state index contributed by atoms with van der Waals surface area (Å²) in [6, 6.07) is 7.36. The van der Waals surface area contributed by atoms with E-state index in [0.29, 0.717) is 12.1 Å². The Bertz CT molecular complexity index is 1000. The van der Waals surface area contributed by atoms with Crippen molar-refractivity contribution in [3.8, 4) is 0 Å². The average Bonchev–Trinajstić information content (AvgIpc) is 3.03. The molecule has 28 heavy (non-hydrogen) atoms. The third-order valence-corrected chi connectivity index (χ3v) is 5.03. The molecule has 0 spiro atoms. The first-order chi connectivity index (χ1) is 13.1. The summed E-state index contributed by atoms with van der Waals surface area (Å²) in [6.45, 7) is 12.0. The Kier molecular flexibility index (Phi) is 5.79. The van der Waals surface area contributed by atoms with Gasteiger partial charge in [-0.05, 0) is 43.2 Å². The van der Waals surface area contributed by atoms with Gasteiger partial charge in [0.2, 0.25) is 5.95 Å². The lowest BCUT2D eigenvalue weighted by atomic mass is 10.1. The Balaban J connectivity index is 0.00000225. The van der Waals surface area contributed by atoms with Crippen LogP contribution in [0.4, 0.5) is 10.3 Å². The van der Waals surface area contributed by atoms with E-state index in [0.717, 1.165) is 60.1 Å². The molecule has 0 unspecified atom stereocenters. The van der Waals surface area contributed by atoms with Crippen molar-refractivity contribution < 1.29 is 4.39 Å². The molecule has 2 aromatic heterocycles. The fraction of sp³-hybridized carbons (Fsp3) is 0.364. The van der Waals surface area contributed by atoms with Crippen LogP contribution >= 0.6 is 0 Å². The first kappa shape index (κ1) is 20.0. The summed E-state index contributed by atoms with van der Waals surface area (Å²) in [5.74, 6) is 0.759. The molecule has 0 aliphatic carbocycles. The molecule has 0 bridgehead atoms. The second-order valence-corrected chi connectivity index (χ2v) is 7.04. The Morgan fingerprint density at radius 1 is 1.18 bits per heavy atom. The number of imidazole rings is 1. The summed E-state index contributed by atoms with van der Waals surface area (Å²) in [4.78, 5) is 11.8. The minimum atomic E-state index is -0.175. The molecule has 0 atom stereocenters. The van der Waals surface area contributed by atoms with Crippen molar-refractivity contribution in [3.05, 3.63) is 59.2 Å². The summed E-state index contributed by atoms with van der Waals surface area (Å²) in [5, 5.41) is 3.38. The predicted molar refractivity (Wildman–Crippen MR) is 114 cm³/mol. The van der Waals surface area contributed by atoms with Gasteiger partial charge < -0.3 is 14.8 Å². The summed E-state index contributed by atoms with van der Waals surface area (Å²) in [7, 11) is 0. The van der Waals surface area contributed by atoms with Crippen molar-refractivity contribution in [1.82, 2.24) is 19.9 Å². The van der Waals surface area contributed by atoms with Gasteiger partial charge in [0.25, 0.3) is 0 Å². The standard InChI is InChI=1S/C21H24FN5.CH4/c1-4-18-20-19(12-15(3)24-18)27(13-16-5-6-17(22)14(2)11-16)21(25-20)26-9-7-23-8-10-26;/h4-6,11-12,23H,1,7-10,13H2,2-3H3;1H4. The van der Waals surface area contributed by atoms with Gasteiger partial charge in [-0.15, -0.1) is 0 Å². The number of hydrogen-bond acceptors (Lipinski definition) is 4. The largest absolute Gasteiger partial charge is 0.340 e. The van der Waals surface area contributed by atoms with Gasteiger partial charge in [0.1, 0.15) is 11.3 Å². The second-order valence-electron chi connectivity index (χ2n) is 7.04. The number of fused-ring (bicyclic) bond motifs is 1. The minimum absolute atomic E-state index is 0. The highest BCUT2D eigenvalue weighted by Crippen LogP contribution is 2.27. The van der Waals surface area contributed by atoms with Gasteiger partial charge in [0.15, 0.2) is 0 Å². The van der Waals surface area contributed by atoms with E-state index in [2.05, 4.69) is 32.4 Å². The van der Waals surface area contributed by atoms with Gasteiger partial charge >= 0.3 is 0 Å². The van der Waals surface area contributed by atoms with Crippen molar-refractivity contribution >= 4 is 23.1 Å². The Labute approximate surface area is 165 Å². The Morgan fingerprint density at radius 2 is 1.93 bits per heavy atom. The summed E-state index contributed by atoms with van der Waals surface area (Å²) in [5.41, 5.74) is 5.34. The van der Waals surface area contributed by atoms with Crippen LogP contribution in [0.3, 0.4) is 0 Å². The number of nitrogens with zero attached hydrogens (tertiary/aromatic N) is 4. The number of halogens is 1. The van der Waals surface area contributed by atoms with E-state index in [1.165, 1.54) is 6.07 Å². The predicted octanol–water partition coefficient (Wildman–Crippen LogP) is 3.92. The van der Waals surface area contributed by atoms with Crippen molar-refractivity contribution in [2.75, 3.05) is 31.1 Å². The number of rotatable bonds is 4. The number of aryl methyl sites for hydroxylation is 2. The normalized spacial score (nSPS) is 14.2. The van der Waals surface area contributed by atoms with E-state index in [-0.39, 0.29) is 13.2 Å². The highest BCUT2D eigenvalue weighted by Gasteiger charge is 2.21. The number of hydrogen-bond donors (Lipinski definition) is 1. The van der Waals surface area contributed by atoms with Crippen LogP contribution in [0.1, 0.15) is 29.9 Å². The van der Waals surface area contributed by atoms with Gasteiger partial charge in [-0.1, -0.05) is 26.1 Å². The lowest BCUT2D eigenvalue weighted by molar-refractivity contribution is 0.571. The van der Waals surface area contributed by atoms with E-state index in [1.54, 1.807) is 13.0 Å². The maximum atomic E-state index is 13.7. The molecule has 3 aromatic rings. The maximum absolute atomic E-state index is 13.7. The van der Waals surface area contributed by atoms with E-state index in [9.17, 15) is 4.39 Å². The van der Waals surface area contributed by atoms with Gasteiger partial charge in [0.05, 0.1) is 17.8 Å². The molecule has 1 aromatic carbocycles. The van der Waals surface area contributed by atoms with E-state index < -0.39 is 0 Å². The van der Waals surface area contributed by atoms with Gasteiger partial charge in [-0.2, -0.15) is 0 Å². The fourth-order valence-electron chi connectivity index (χ4n) is 3.65. The van der Waals surface area contributed by atoms with Crippen LogP contribution in [0, 0.1) is 19.7 Å². The molecule has 1 N–H and O–H groups in total. The van der Waals surface area contributed by atoms with Crippen LogP contribution in [0.15, 0.2) is 30.8 Å². The maximum Gasteiger partial charge on any atom is 0.207 e. The van der Waals surface area contributed by atoms with Crippen molar-refractivity contribution in [3.63, 3.8) is 0 Å². The minimum Gasteiger partial charge on any atom is -0.340 e. The summed E-state index contributed by atoms with van der Waals surface area (Å²) >= 11 is 0. The molecule has 0 radical (unpaired) electrons. The quantitative estimate of drug-likeness (QED) is 0.744. The second kappa shape index (κ2) is 8.10. The lowest BCUT2D eigenvalue weighted by Crippen LogP contribution is -2.44. The zero-order valence-corrected chi connectivity index (χ0v) is 15.8.